The van der Waals surface area contributed by atoms with E-state index in [1.165, 1.54) is 11.0 Å². The fourth-order valence-electron chi connectivity index (χ4n) is 3.34. The van der Waals surface area contributed by atoms with Crippen molar-refractivity contribution in [1.82, 2.24) is 9.97 Å². The van der Waals surface area contributed by atoms with Gasteiger partial charge in [-0.1, -0.05) is 11.6 Å². The molecule has 1 aromatic carbocycles. The Morgan fingerprint density at radius 3 is 2.66 bits per heavy atom. The van der Waals surface area contributed by atoms with Gasteiger partial charge in [-0.3, -0.25) is 9.88 Å². The van der Waals surface area contributed by atoms with Crippen LogP contribution in [0.5, 0.6) is 5.75 Å². The third-order valence-electron chi connectivity index (χ3n) is 4.74. The summed E-state index contributed by atoms with van der Waals surface area (Å²) in [5.41, 5.74) is 2.26. The van der Waals surface area contributed by atoms with Gasteiger partial charge in [0.2, 0.25) is 0 Å². The maximum absolute atomic E-state index is 14.7. The molecule has 2 aromatic heterocycles. The second kappa shape index (κ2) is 8.45. The van der Waals surface area contributed by atoms with Crippen LogP contribution in [0.4, 0.5) is 26.4 Å². The Morgan fingerprint density at radius 1 is 1.19 bits per heavy atom. The summed E-state index contributed by atoms with van der Waals surface area (Å²) >= 11 is 0. The average Bonchev–Trinajstić information content (AvgIpc) is 2.74. The van der Waals surface area contributed by atoms with Crippen molar-refractivity contribution in [3.8, 4) is 17.0 Å². The van der Waals surface area contributed by atoms with Crippen LogP contribution in [0, 0.1) is 12.7 Å². The number of nitrogens with one attached hydrogen (secondary N) is 1. The highest BCUT2D eigenvalue weighted by Gasteiger charge is 2.32. The summed E-state index contributed by atoms with van der Waals surface area (Å²) in [7, 11) is 0. The number of ether oxygens (including phenoxy) is 2. The molecular formula is C24H25FN4O3. The highest BCUT2D eigenvalue weighted by atomic mass is 19.1. The molecule has 166 valence electrons. The van der Waals surface area contributed by atoms with Crippen molar-refractivity contribution in [1.29, 1.82) is 0 Å². The first kappa shape index (κ1) is 21.5. The molecule has 0 bridgehead atoms. The summed E-state index contributed by atoms with van der Waals surface area (Å²) in [6, 6.07) is 10.1. The number of halogens is 1. The van der Waals surface area contributed by atoms with E-state index in [0.717, 1.165) is 11.3 Å². The summed E-state index contributed by atoms with van der Waals surface area (Å²) in [4.78, 5) is 23.0. The van der Waals surface area contributed by atoms with Crippen molar-refractivity contribution in [2.75, 3.05) is 23.4 Å². The summed E-state index contributed by atoms with van der Waals surface area (Å²) in [6.45, 7) is 7.83. The lowest BCUT2D eigenvalue weighted by Crippen LogP contribution is -2.42. The largest absolute Gasteiger partial charge is 0.486 e. The molecule has 3 heterocycles. The number of fused-ring (bicyclic) bond motifs is 1. The molecule has 8 heteroatoms. The second-order valence-electron chi connectivity index (χ2n) is 8.53. The van der Waals surface area contributed by atoms with Crippen LogP contribution in [0.25, 0.3) is 11.3 Å². The summed E-state index contributed by atoms with van der Waals surface area (Å²) in [6.07, 6.45) is 2.78. The number of benzene rings is 1. The molecule has 0 aliphatic carbocycles. The Bertz CT molecular complexity index is 1150. The van der Waals surface area contributed by atoms with Gasteiger partial charge in [-0.15, -0.1) is 0 Å². The molecule has 7 nitrogen and oxygen atoms in total. The Labute approximate surface area is 186 Å². The number of aromatic nitrogens is 2. The van der Waals surface area contributed by atoms with E-state index in [0.29, 0.717) is 22.7 Å². The van der Waals surface area contributed by atoms with Crippen LogP contribution in [0.15, 0.2) is 48.8 Å². The Hall–Kier alpha value is -3.68. The van der Waals surface area contributed by atoms with Gasteiger partial charge in [0.05, 0.1) is 17.9 Å². The van der Waals surface area contributed by atoms with Gasteiger partial charge in [-0.2, -0.15) is 0 Å². The maximum atomic E-state index is 14.7. The molecule has 4 rings (SSSR count). The normalized spacial score (nSPS) is 13.2. The van der Waals surface area contributed by atoms with Gasteiger partial charge in [0.15, 0.2) is 11.6 Å². The molecule has 1 N–H and O–H groups in total. The van der Waals surface area contributed by atoms with Crippen LogP contribution >= 0.6 is 0 Å². The van der Waals surface area contributed by atoms with Gasteiger partial charge >= 0.3 is 6.09 Å². The Kier molecular flexibility index (Phi) is 5.69. The molecule has 32 heavy (non-hydrogen) atoms. The van der Waals surface area contributed by atoms with E-state index in [9.17, 15) is 9.18 Å². The molecule has 1 aliphatic rings. The van der Waals surface area contributed by atoms with Crippen molar-refractivity contribution < 1.29 is 18.7 Å². The predicted molar refractivity (Wildman–Crippen MR) is 121 cm³/mol. The molecule has 0 atom stereocenters. The average molecular weight is 436 g/mol. The fourth-order valence-corrected chi connectivity index (χ4v) is 3.34. The summed E-state index contributed by atoms with van der Waals surface area (Å²) in [5, 5.41) is 3.28. The lowest BCUT2D eigenvalue weighted by molar-refractivity contribution is 0.0566. The van der Waals surface area contributed by atoms with E-state index in [1.54, 1.807) is 63.5 Å². The minimum atomic E-state index is -0.673. The number of rotatable bonds is 3. The summed E-state index contributed by atoms with van der Waals surface area (Å²) in [5.74, 6) is 0.273. The maximum Gasteiger partial charge on any atom is 0.416 e. The number of hydrogen-bond donors (Lipinski definition) is 1. The minimum absolute atomic E-state index is 0.267. The van der Waals surface area contributed by atoms with Crippen molar-refractivity contribution in [3.63, 3.8) is 0 Å². The van der Waals surface area contributed by atoms with Crippen molar-refractivity contribution >= 4 is 23.3 Å². The fraction of sp³-hybridized carbons (Fsp3) is 0.292. The van der Waals surface area contributed by atoms with Gasteiger partial charge in [-0.25, -0.2) is 14.2 Å². The number of anilines is 3. The predicted octanol–water partition coefficient (Wildman–Crippen LogP) is 5.47. The van der Waals surface area contributed by atoms with Crippen molar-refractivity contribution in [2.24, 2.45) is 0 Å². The number of carbonyl (C=O) groups is 1. The van der Waals surface area contributed by atoms with Gasteiger partial charge in [0.1, 0.15) is 18.0 Å². The SMILES string of the molecule is Cc1ccc(F)c(-c2cc(Nc3ccncc3)c3c(n2)N(C(=O)OC(C)(C)C)CCO3)c1. The van der Waals surface area contributed by atoms with Gasteiger partial charge in [-0.05, 0) is 58.0 Å². The zero-order chi connectivity index (χ0) is 22.9. The quantitative estimate of drug-likeness (QED) is 0.587. The van der Waals surface area contributed by atoms with Crippen LogP contribution in [-0.4, -0.2) is 34.8 Å². The summed E-state index contributed by atoms with van der Waals surface area (Å²) < 4.78 is 26.2. The highest BCUT2D eigenvalue weighted by molar-refractivity contribution is 5.92. The molecule has 0 unspecified atom stereocenters. The van der Waals surface area contributed by atoms with Crippen LogP contribution in [0.2, 0.25) is 0 Å². The number of amides is 1. The van der Waals surface area contributed by atoms with E-state index < -0.39 is 17.5 Å². The number of aryl methyl sites for hydroxylation is 1. The molecular weight excluding hydrogens is 411 g/mol. The Morgan fingerprint density at radius 2 is 1.94 bits per heavy atom. The zero-order valence-electron chi connectivity index (χ0n) is 18.5. The van der Waals surface area contributed by atoms with E-state index in [2.05, 4.69) is 15.3 Å². The van der Waals surface area contributed by atoms with Crippen molar-refractivity contribution in [3.05, 3.63) is 60.2 Å². The molecule has 1 aliphatic heterocycles. The molecule has 1 amide bonds. The second-order valence-corrected chi connectivity index (χ2v) is 8.53. The first-order valence-corrected chi connectivity index (χ1v) is 10.3. The van der Waals surface area contributed by atoms with Crippen molar-refractivity contribution in [2.45, 2.75) is 33.3 Å². The molecule has 0 saturated carbocycles. The van der Waals surface area contributed by atoms with Gasteiger partial charge < -0.3 is 14.8 Å². The van der Waals surface area contributed by atoms with Crippen LogP contribution in [-0.2, 0) is 4.74 Å². The van der Waals surface area contributed by atoms with E-state index in [-0.39, 0.29) is 19.0 Å². The van der Waals surface area contributed by atoms with Gasteiger partial charge in [0, 0.05) is 23.6 Å². The molecule has 0 radical (unpaired) electrons. The lowest BCUT2D eigenvalue weighted by atomic mass is 10.1. The Balaban J connectivity index is 1.86. The smallest absolute Gasteiger partial charge is 0.416 e. The van der Waals surface area contributed by atoms with Crippen LogP contribution < -0.4 is 15.0 Å². The molecule has 0 fully saturated rings. The first-order chi connectivity index (χ1) is 15.2. The standard InChI is InChI=1S/C24H25FN4O3/c1-15-5-6-18(25)17(13-15)19-14-20(27-16-7-9-26-10-8-16)21-22(28-19)29(11-12-31-21)23(30)32-24(2,3)4/h5-10,13-14H,11-12H2,1-4H3,(H,26,27,28). The lowest BCUT2D eigenvalue weighted by Gasteiger charge is -2.32. The van der Waals surface area contributed by atoms with Crippen LogP contribution in [0.1, 0.15) is 26.3 Å². The first-order valence-electron chi connectivity index (χ1n) is 10.3. The van der Waals surface area contributed by atoms with E-state index >= 15 is 0 Å². The molecule has 0 saturated heterocycles. The number of pyridine rings is 2. The number of nitrogens with zero attached hydrogens (tertiary/aromatic N) is 3. The topological polar surface area (TPSA) is 76.6 Å². The van der Waals surface area contributed by atoms with E-state index in [1.807, 2.05) is 6.92 Å². The molecule has 0 spiro atoms. The van der Waals surface area contributed by atoms with Gasteiger partial charge in [0.25, 0.3) is 0 Å². The van der Waals surface area contributed by atoms with E-state index in [4.69, 9.17) is 9.47 Å². The molecule has 3 aromatic rings. The highest BCUT2D eigenvalue weighted by Crippen LogP contribution is 2.42. The third-order valence-corrected chi connectivity index (χ3v) is 4.74. The zero-order valence-corrected chi connectivity index (χ0v) is 18.5. The third kappa shape index (κ3) is 4.64. The van der Waals surface area contributed by atoms with Crippen LogP contribution in [0.3, 0.4) is 0 Å². The monoisotopic (exact) mass is 436 g/mol. The number of hydrogen-bond acceptors (Lipinski definition) is 6. The number of carbonyl (C=O) groups excluding carboxylic acids is 1. The minimum Gasteiger partial charge on any atom is -0.486 e.